The minimum Gasteiger partial charge on any atom is -0.330 e. The summed E-state index contributed by atoms with van der Waals surface area (Å²) in [5, 5.41) is 4.42. The fourth-order valence-electron chi connectivity index (χ4n) is 2.66. The highest BCUT2D eigenvalue weighted by atomic mass is 32.1. The largest absolute Gasteiger partial charge is 0.330 e. The van der Waals surface area contributed by atoms with Crippen molar-refractivity contribution in [3.8, 4) is 0 Å². The maximum Gasteiger partial charge on any atom is -0.00408 e. The van der Waals surface area contributed by atoms with Crippen molar-refractivity contribution in [2.24, 2.45) is 23.0 Å². The molecule has 0 spiro atoms. The molecule has 0 bridgehead atoms. The van der Waals surface area contributed by atoms with Gasteiger partial charge in [0.15, 0.2) is 0 Å². The molecule has 2 N–H and O–H groups in total. The van der Waals surface area contributed by atoms with Crippen LogP contribution in [-0.2, 0) is 6.42 Å². The number of nitrogens with two attached hydrogens (primary N) is 1. The second-order valence-electron chi connectivity index (χ2n) is 4.94. The molecule has 14 heavy (non-hydrogen) atoms. The average Bonchev–Trinajstić information content (AvgIpc) is 2.57. The van der Waals surface area contributed by atoms with Gasteiger partial charge in [0.25, 0.3) is 0 Å². The Morgan fingerprint density at radius 3 is 2.71 bits per heavy atom. The van der Waals surface area contributed by atoms with Crippen LogP contribution in [0.5, 0.6) is 0 Å². The van der Waals surface area contributed by atoms with E-state index in [-0.39, 0.29) is 0 Å². The topological polar surface area (TPSA) is 26.0 Å². The Morgan fingerprint density at radius 2 is 2.21 bits per heavy atom. The van der Waals surface area contributed by atoms with Gasteiger partial charge in [-0.05, 0) is 59.0 Å². The summed E-state index contributed by atoms with van der Waals surface area (Å²) in [7, 11) is 0. The minimum atomic E-state index is 0.505. The van der Waals surface area contributed by atoms with Crippen molar-refractivity contribution in [2.45, 2.75) is 26.7 Å². The zero-order valence-corrected chi connectivity index (χ0v) is 9.81. The lowest BCUT2D eigenvalue weighted by atomic mass is 10.0. The van der Waals surface area contributed by atoms with Crippen LogP contribution in [0, 0.1) is 17.3 Å². The molecule has 78 valence electrons. The molecule has 1 aliphatic carbocycles. The molecule has 2 rings (SSSR count). The fraction of sp³-hybridized carbons (Fsp3) is 0.667. The first-order valence-corrected chi connectivity index (χ1v) is 6.31. The molecule has 0 amide bonds. The molecular weight excluding hydrogens is 190 g/mol. The third-order valence-corrected chi connectivity index (χ3v) is 4.60. The molecule has 2 atom stereocenters. The van der Waals surface area contributed by atoms with Gasteiger partial charge >= 0.3 is 0 Å². The summed E-state index contributed by atoms with van der Waals surface area (Å²) in [6, 6.07) is 2.23. The van der Waals surface area contributed by atoms with E-state index in [0.717, 1.165) is 18.4 Å². The molecule has 1 fully saturated rings. The molecule has 2 heteroatoms. The Morgan fingerprint density at radius 1 is 1.43 bits per heavy atom. The highest BCUT2D eigenvalue weighted by molar-refractivity contribution is 7.07. The van der Waals surface area contributed by atoms with Crippen LogP contribution < -0.4 is 5.73 Å². The lowest BCUT2D eigenvalue weighted by molar-refractivity contribution is 0.522. The second kappa shape index (κ2) is 3.67. The average molecular weight is 209 g/mol. The Kier molecular flexibility index (Phi) is 2.67. The molecule has 0 unspecified atom stereocenters. The normalized spacial score (nSPS) is 29.1. The van der Waals surface area contributed by atoms with Crippen LogP contribution in [0.25, 0.3) is 0 Å². The van der Waals surface area contributed by atoms with E-state index in [4.69, 9.17) is 5.73 Å². The van der Waals surface area contributed by atoms with Crippen LogP contribution in [0.1, 0.15) is 25.8 Å². The van der Waals surface area contributed by atoms with E-state index < -0.39 is 0 Å². The van der Waals surface area contributed by atoms with E-state index in [0.29, 0.717) is 5.41 Å². The third-order valence-electron chi connectivity index (χ3n) is 3.87. The van der Waals surface area contributed by atoms with Crippen molar-refractivity contribution in [1.82, 2.24) is 0 Å². The molecule has 0 radical (unpaired) electrons. The Labute approximate surface area is 90.3 Å². The highest BCUT2D eigenvalue weighted by Gasteiger charge is 2.55. The number of thiophene rings is 1. The van der Waals surface area contributed by atoms with Gasteiger partial charge in [0.05, 0.1) is 0 Å². The van der Waals surface area contributed by atoms with Crippen molar-refractivity contribution in [1.29, 1.82) is 0 Å². The van der Waals surface area contributed by atoms with Gasteiger partial charge in [-0.1, -0.05) is 13.8 Å². The SMILES string of the molecule is CC1(C)[C@H](CN)[C@H]1CCc1ccsc1. The number of hydrogen-bond acceptors (Lipinski definition) is 2. The zero-order valence-electron chi connectivity index (χ0n) is 8.99. The molecule has 0 aromatic carbocycles. The van der Waals surface area contributed by atoms with Crippen molar-refractivity contribution in [3.05, 3.63) is 22.4 Å². The van der Waals surface area contributed by atoms with Gasteiger partial charge in [0.2, 0.25) is 0 Å². The van der Waals surface area contributed by atoms with Crippen LogP contribution in [0.4, 0.5) is 0 Å². The van der Waals surface area contributed by atoms with Crippen LogP contribution in [0.2, 0.25) is 0 Å². The summed E-state index contributed by atoms with van der Waals surface area (Å²) in [6.07, 6.45) is 2.54. The molecule has 1 aromatic heterocycles. The van der Waals surface area contributed by atoms with Crippen molar-refractivity contribution < 1.29 is 0 Å². The first kappa shape index (κ1) is 10.2. The van der Waals surface area contributed by atoms with Crippen molar-refractivity contribution in [2.75, 3.05) is 6.54 Å². The van der Waals surface area contributed by atoms with Gasteiger partial charge < -0.3 is 5.73 Å². The summed E-state index contributed by atoms with van der Waals surface area (Å²) in [4.78, 5) is 0. The fourth-order valence-corrected chi connectivity index (χ4v) is 3.36. The molecule has 1 saturated carbocycles. The lowest BCUT2D eigenvalue weighted by Crippen LogP contribution is -2.05. The van der Waals surface area contributed by atoms with E-state index in [1.165, 1.54) is 18.4 Å². The second-order valence-corrected chi connectivity index (χ2v) is 5.72. The van der Waals surface area contributed by atoms with Crippen LogP contribution in [0.15, 0.2) is 16.8 Å². The Hall–Kier alpha value is -0.340. The van der Waals surface area contributed by atoms with Gasteiger partial charge in [-0.3, -0.25) is 0 Å². The molecule has 0 saturated heterocycles. The first-order chi connectivity index (χ1) is 6.66. The quantitative estimate of drug-likeness (QED) is 0.810. The summed E-state index contributed by atoms with van der Waals surface area (Å²) in [6.45, 7) is 5.56. The van der Waals surface area contributed by atoms with Crippen LogP contribution >= 0.6 is 11.3 Å². The maximum absolute atomic E-state index is 5.75. The smallest absolute Gasteiger partial charge is 0.00408 e. The standard InChI is InChI=1S/C12H19NS/c1-12(2)10(11(12)7-13)4-3-9-5-6-14-8-9/h5-6,8,10-11H,3-4,7,13H2,1-2H3/t10-,11-/m1/s1. The number of aryl methyl sites for hydroxylation is 1. The van der Waals surface area contributed by atoms with Crippen molar-refractivity contribution in [3.63, 3.8) is 0 Å². The van der Waals surface area contributed by atoms with Gasteiger partial charge in [-0.2, -0.15) is 11.3 Å². The van der Waals surface area contributed by atoms with Crippen LogP contribution in [0.3, 0.4) is 0 Å². The van der Waals surface area contributed by atoms with E-state index >= 15 is 0 Å². The molecule has 1 aliphatic rings. The predicted molar refractivity (Wildman–Crippen MR) is 62.5 cm³/mol. The Balaban J connectivity index is 1.83. The van der Waals surface area contributed by atoms with E-state index in [1.807, 2.05) is 0 Å². The maximum atomic E-state index is 5.75. The van der Waals surface area contributed by atoms with Gasteiger partial charge in [0.1, 0.15) is 0 Å². The summed E-state index contributed by atoms with van der Waals surface area (Å²) < 4.78 is 0. The zero-order chi connectivity index (χ0) is 10.2. The molecule has 1 nitrogen and oxygen atoms in total. The van der Waals surface area contributed by atoms with E-state index in [9.17, 15) is 0 Å². The van der Waals surface area contributed by atoms with E-state index in [2.05, 4.69) is 30.7 Å². The van der Waals surface area contributed by atoms with Gasteiger partial charge in [-0.15, -0.1) is 0 Å². The molecule has 1 aromatic rings. The molecular formula is C12H19NS. The first-order valence-electron chi connectivity index (χ1n) is 5.37. The molecule has 1 heterocycles. The monoisotopic (exact) mass is 209 g/mol. The predicted octanol–water partition coefficient (Wildman–Crippen LogP) is 2.91. The van der Waals surface area contributed by atoms with E-state index in [1.54, 1.807) is 11.3 Å². The number of rotatable bonds is 4. The lowest BCUT2D eigenvalue weighted by Gasteiger charge is -2.01. The Bertz CT molecular complexity index is 289. The van der Waals surface area contributed by atoms with Gasteiger partial charge in [-0.25, -0.2) is 0 Å². The van der Waals surface area contributed by atoms with Crippen LogP contribution in [-0.4, -0.2) is 6.54 Å². The highest BCUT2D eigenvalue weighted by Crippen LogP contribution is 2.59. The molecule has 0 aliphatic heterocycles. The van der Waals surface area contributed by atoms with Crippen molar-refractivity contribution >= 4 is 11.3 Å². The summed E-state index contributed by atoms with van der Waals surface area (Å²) in [5.41, 5.74) is 7.75. The summed E-state index contributed by atoms with van der Waals surface area (Å²) >= 11 is 1.79. The minimum absolute atomic E-state index is 0.505. The van der Waals surface area contributed by atoms with Gasteiger partial charge in [0, 0.05) is 0 Å². The summed E-state index contributed by atoms with van der Waals surface area (Å²) in [5.74, 6) is 1.62. The third kappa shape index (κ3) is 1.73. The number of hydrogen-bond donors (Lipinski definition) is 1.